The summed E-state index contributed by atoms with van der Waals surface area (Å²) in [5.41, 5.74) is -1.88. The number of nitrogens with zero attached hydrogens (tertiary/aromatic N) is 3. The highest BCUT2D eigenvalue weighted by molar-refractivity contribution is 5.48. The minimum Gasteiger partial charge on any atom is -0.258 e. The molecule has 5 nitrogen and oxygen atoms in total. The maximum atomic E-state index is 12.5. The summed E-state index contributed by atoms with van der Waals surface area (Å²) in [7, 11) is 0. The highest BCUT2D eigenvalue weighted by Gasteiger charge is 2.26. The average Bonchev–Trinajstić information content (AvgIpc) is 2.16. The van der Waals surface area contributed by atoms with Crippen LogP contribution in [0.25, 0.3) is 0 Å². The monoisotopic (exact) mass is 213 g/mol. The van der Waals surface area contributed by atoms with Crippen LogP contribution in [0.1, 0.15) is 23.2 Å². The summed E-state index contributed by atoms with van der Waals surface area (Å²) >= 11 is 0. The lowest BCUT2D eigenvalue weighted by molar-refractivity contribution is -0.386. The van der Waals surface area contributed by atoms with Crippen LogP contribution in [0, 0.1) is 28.4 Å². The summed E-state index contributed by atoms with van der Waals surface area (Å²) < 4.78 is 25.0. The molecule has 0 N–H and O–H groups in total. The van der Waals surface area contributed by atoms with Crippen LogP contribution in [-0.4, -0.2) is 9.91 Å². The normalized spacial score (nSPS) is 10.1. The van der Waals surface area contributed by atoms with Crippen molar-refractivity contribution in [2.75, 3.05) is 0 Å². The third-order valence-electron chi connectivity index (χ3n) is 1.87. The van der Waals surface area contributed by atoms with Crippen LogP contribution in [0.15, 0.2) is 6.20 Å². The molecular formula is C8H5F2N3O2. The van der Waals surface area contributed by atoms with Gasteiger partial charge in [0.2, 0.25) is 0 Å². The lowest BCUT2D eigenvalue weighted by Gasteiger charge is -2.05. The topological polar surface area (TPSA) is 79.8 Å². The Labute approximate surface area is 83.1 Å². The molecule has 0 aliphatic rings. The number of pyridine rings is 1. The number of hydrogen-bond donors (Lipinski definition) is 0. The van der Waals surface area contributed by atoms with E-state index in [1.54, 1.807) is 6.07 Å². The molecule has 1 rings (SSSR count). The number of rotatable bonds is 2. The van der Waals surface area contributed by atoms with Gasteiger partial charge in [0.1, 0.15) is 23.5 Å². The molecular weight excluding hydrogens is 208 g/mol. The van der Waals surface area contributed by atoms with E-state index in [2.05, 4.69) is 4.98 Å². The van der Waals surface area contributed by atoms with E-state index in [1.165, 1.54) is 6.92 Å². The van der Waals surface area contributed by atoms with E-state index in [9.17, 15) is 18.9 Å². The minimum absolute atomic E-state index is 0.151. The van der Waals surface area contributed by atoms with E-state index < -0.39 is 22.6 Å². The number of halogens is 2. The SMILES string of the molecule is Cc1c(C#N)ncc([N+](=O)[O-])c1C(F)F. The number of alkyl halides is 2. The number of aromatic nitrogens is 1. The average molecular weight is 213 g/mol. The Morgan fingerprint density at radius 2 is 2.27 bits per heavy atom. The second-order valence-electron chi connectivity index (χ2n) is 2.70. The number of nitro groups is 1. The second kappa shape index (κ2) is 3.96. The lowest BCUT2D eigenvalue weighted by atomic mass is 10.1. The van der Waals surface area contributed by atoms with Gasteiger partial charge in [-0.05, 0) is 6.92 Å². The predicted octanol–water partition coefficient (Wildman–Crippen LogP) is 2.11. The van der Waals surface area contributed by atoms with Crippen LogP contribution in [0.3, 0.4) is 0 Å². The predicted molar refractivity (Wildman–Crippen MR) is 45.3 cm³/mol. The van der Waals surface area contributed by atoms with Crippen LogP contribution in [-0.2, 0) is 0 Å². The van der Waals surface area contributed by atoms with Crippen LogP contribution in [0.4, 0.5) is 14.5 Å². The Morgan fingerprint density at radius 1 is 1.67 bits per heavy atom. The zero-order valence-corrected chi connectivity index (χ0v) is 7.57. The van der Waals surface area contributed by atoms with Crippen molar-refractivity contribution in [3.8, 4) is 6.07 Å². The Balaban J connectivity index is 3.53. The van der Waals surface area contributed by atoms with Crippen molar-refractivity contribution in [2.45, 2.75) is 13.3 Å². The molecule has 0 amide bonds. The molecule has 7 heteroatoms. The highest BCUT2D eigenvalue weighted by Crippen LogP contribution is 2.31. The smallest absolute Gasteiger partial charge is 0.258 e. The maximum Gasteiger partial charge on any atom is 0.296 e. The van der Waals surface area contributed by atoms with E-state index in [0.29, 0.717) is 6.20 Å². The lowest BCUT2D eigenvalue weighted by Crippen LogP contribution is -2.02. The van der Waals surface area contributed by atoms with Gasteiger partial charge in [0.05, 0.1) is 4.92 Å². The third kappa shape index (κ3) is 1.88. The molecule has 0 radical (unpaired) electrons. The molecule has 0 bridgehead atoms. The van der Waals surface area contributed by atoms with Crippen molar-refractivity contribution in [3.05, 3.63) is 33.1 Å². The number of hydrogen-bond acceptors (Lipinski definition) is 4. The first kappa shape index (κ1) is 11.0. The molecule has 0 saturated carbocycles. The van der Waals surface area contributed by atoms with E-state index in [0.717, 1.165) is 0 Å². The van der Waals surface area contributed by atoms with Crippen molar-refractivity contribution < 1.29 is 13.7 Å². The first-order valence-electron chi connectivity index (χ1n) is 3.81. The summed E-state index contributed by atoms with van der Waals surface area (Å²) in [5, 5.41) is 19.0. The van der Waals surface area contributed by atoms with Crippen LogP contribution < -0.4 is 0 Å². The van der Waals surface area contributed by atoms with Crippen molar-refractivity contribution in [1.29, 1.82) is 5.26 Å². The molecule has 0 fully saturated rings. The number of nitriles is 1. The summed E-state index contributed by atoms with van der Waals surface area (Å²) in [6.45, 7) is 1.21. The molecule has 78 valence electrons. The van der Waals surface area contributed by atoms with Gasteiger partial charge >= 0.3 is 0 Å². The minimum atomic E-state index is -3.00. The van der Waals surface area contributed by atoms with E-state index in [1.807, 2.05) is 0 Å². The van der Waals surface area contributed by atoms with Gasteiger partial charge in [0, 0.05) is 5.56 Å². The summed E-state index contributed by atoms with van der Waals surface area (Å²) in [6.07, 6.45) is -2.33. The third-order valence-corrected chi connectivity index (χ3v) is 1.87. The zero-order valence-electron chi connectivity index (χ0n) is 7.57. The van der Waals surface area contributed by atoms with Gasteiger partial charge in [0.15, 0.2) is 0 Å². The standard InChI is InChI=1S/C8H5F2N3O2/c1-4-5(2-11)12-3-6(13(14)15)7(4)8(9)10/h3,8H,1H3. The molecule has 0 aromatic carbocycles. The first-order chi connectivity index (χ1) is 6.99. The fraction of sp³-hybridized carbons (Fsp3) is 0.250. The van der Waals surface area contributed by atoms with Crippen LogP contribution >= 0.6 is 0 Å². The van der Waals surface area contributed by atoms with Crippen molar-refractivity contribution in [2.24, 2.45) is 0 Å². The molecule has 1 aromatic heterocycles. The molecule has 15 heavy (non-hydrogen) atoms. The molecule has 0 aliphatic carbocycles. The molecule has 0 spiro atoms. The molecule has 0 saturated heterocycles. The fourth-order valence-electron chi connectivity index (χ4n) is 1.15. The highest BCUT2D eigenvalue weighted by atomic mass is 19.3. The van der Waals surface area contributed by atoms with Crippen molar-refractivity contribution >= 4 is 5.69 Å². The molecule has 1 aromatic rings. The van der Waals surface area contributed by atoms with Crippen molar-refractivity contribution in [1.82, 2.24) is 4.98 Å². The van der Waals surface area contributed by atoms with E-state index >= 15 is 0 Å². The Kier molecular flexibility index (Phi) is 2.90. The zero-order chi connectivity index (χ0) is 11.6. The Morgan fingerprint density at radius 3 is 2.67 bits per heavy atom. The fourth-order valence-corrected chi connectivity index (χ4v) is 1.15. The second-order valence-corrected chi connectivity index (χ2v) is 2.70. The van der Waals surface area contributed by atoms with E-state index in [4.69, 9.17) is 5.26 Å². The van der Waals surface area contributed by atoms with Gasteiger partial charge in [-0.25, -0.2) is 13.8 Å². The first-order valence-corrected chi connectivity index (χ1v) is 3.81. The quantitative estimate of drug-likeness (QED) is 0.556. The van der Waals surface area contributed by atoms with E-state index in [-0.39, 0.29) is 11.3 Å². The molecule has 0 aliphatic heterocycles. The summed E-state index contributed by atoms with van der Waals surface area (Å²) in [5.74, 6) is 0. The molecule has 0 unspecified atom stereocenters. The van der Waals surface area contributed by atoms with Gasteiger partial charge in [-0.3, -0.25) is 10.1 Å². The molecule has 0 atom stereocenters. The summed E-state index contributed by atoms with van der Waals surface area (Å²) in [6, 6.07) is 1.59. The maximum absolute atomic E-state index is 12.5. The van der Waals surface area contributed by atoms with Crippen molar-refractivity contribution in [3.63, 3.8) is 0 Å². The van der Waals surface area contributed by atoms with Gasteiger partial charge in [0.25, 0.3) is 12.1 Å². The van der Waals surface area contributed by atoms with Gasteiger partial charge in [-0.1, -0.05) is 0 Å². The largest absolute Gasteiger partial charge is 0.296 e. The Hall–Kier alpha value is -2.10. The van der Waals surface area contributed by atoms with Gasteiger partial charge in [-0.2, -0.15) is 5.26 Å². The van der Waals surface area contributed by atoms with Gasteiger partial charge < -0.3 is 0 Å². The molecule has 1 heterocycles. The van der Waals surface area contributed by atoms with Crippen LogP contribution in [0.5, 0.6) is 0 Å². The summed E-state index contributed by atoms with van der Waals surface area (Å²) in [4.78, 5) is 12.9. The van der Waals surface area contributed by atoms with Crippen LogP contribution in [0.2, 0.25) is 0 Å². The van der Waals surface area contributed by atoms with Gasteiger partial charge in [-0.15, -0.1) is 0 Å². The Bertz CT molecular complexity index is 454.